The van der Waals surface area contributed by atoms with Gasteiger partial charge in [0.05, 0.1) is 6.61 Å². The zero-order valence-corrected chi connectivity index (χ0v) is 19.5. The van der Waals surface area contributed by atoms with Crippen molar-refractivity contribution in [3.05, 3.63) is 24.3 Å². The smallest absolute Gasteiger partial charge is 0.320 e. The Morgan fingerprint density at radius 2 is 1.50 bits per heavy atom. The van der Waals surface area contributed by atoms with E-state index in [0.717, 1.165) is 32.1 Å². The zero-order chi connectivity index (χ0) is 22.5. The van der Waals surface area contributed by atoms with E-state index in [2.05, 4.69) is 36.5 Å². The van der Waals surface area contributed by atoms with Crippen LogP contribution < -0.4 is 5.32 Å². The summed E-state index contributed by atoms with van der Waals surface area (Å²) in [5.41, 5.74) is 0. The fourth-order valence-electron chi connectivity index (χ4n) is 3.08. The molecule has 0 aromatic heterocycles. The number of hydrogen-bond acceptors (Lipinski definition) is 4. The second-order valence-corrected chi connectivity index (χ2v) is 8.12. The van der Waals surface area contributed by atoms with Crippen LogP contribution in [0.1, 0.15) is 104 Å². The standard InChI is InChI=1S/C25H45NO4/c1-4-5-6-7-8-9-10-11-12-13-14-15-16-17-18-19-24(27)30-21-20-22(2)26-23(3)25(28)29/h8-9,11-12,22-23,26H,4-7,10,13-21H2,1-3H3,(H,28,29)/b9-8-,12-11-. The largest absolute Gasteiger partial charge is 0.480 e. The molecular formula is C25H45NO4. The molecule has 0 aliphatic rings. The molecule has 0 radical (unpaired) electrons. The van der Waals surface area contributed by atoms with Crippen LogP contribution in [0.2, 0.25) is 0 Å². The van der Waals surface area contributed by atoms with E-state index in [9.17, 15) is 9.59 Å². The molecule has 0 aliphatic heterocycles. The van der Waals surface area contributed by atoms with Crippen LogP contribution >= 0.6 is 0 Å². The van der Waals surface area contributed by atoms with Crippen LogP contribution in [0.4, 0.5) is 0 Å². The lowest BCUT2D eigenvalue weighted by Crippen LogP contribution is -2.40. The number of rotatable bonds is 20. The van der Waals surface area contributed by atoms with Gasteiger partial charge in [0, 0.05) is 12.5 Å². The lowest BCUT2D eigenvalue weighted by atomic mass is 10.1. The summed E-state index contributed by atoms with van der Waals surface area (Å²) in [6.07, 6.45) is 23.0. The second-order valence-electron chi connectivity index (χ2n) is 8.12. The fourth-order valence-corrected chi connectivity index (χ4v) is 3.08. The molecule has 0 spiro atoms. The van der Waals surface area contributed by atoms with E-state index >= 15 is 0 Å². The molecule has 2 unspecified atom stereocenters. The van der Waals surface area contributed by atoms with Gasteiger partial charge in [-0.3, -0.25) is 9.59 Å². The number of unbranched alkanes of at least 4 members (excludes halogenated alkanes) is 8. The maximum absolute atomic E-state index is 11.7. The number of carbonyl (C=O) groups excluding carboxylic acids is 1. The summed E-state index contributed by atoms with van der Waals surface area (Å²) in [5.74, 6) is -1.03. The molecule has 5 heteroatoms. The van der Waals surface area contributed by atoms with Crippen LogP contribution in [0.25, 0.3) is 0 Å². The Labute approximate surface area is 184 Å². The highest BCUT2D eigenvalue weighted by atomic mass is 16.5. The van der Waals surface area contributed by atoms with Crippen LogP contribution in [-0.2, 0) is 14.3 Å². The lowest BCUT2D eigenvalue weighted by Gasteiger charge is -2.16. The highest BCUT2D eigenvalue weighted by Crippen LogP contribution is 2.09. The molecular weight excluding hydrogens is 378 g/mol. The normalized spacial score (nSPS) is 13.7. The van der Waals surface area contributed by atoms with E-state index in [1.807, 2.05) is 6.92 Å². The highest BCUT2D eigenvalue weighted by molar-refractivity contribution is 5.72. The van der Waals surface area contributed by atoms with Gasteiger partial charge in [0.1, 0.15) is 6.04 Å². The molecule has 0 rings (SSSR count). The number of carboxylic acids is 1. The quantitative estimate of drug-likeness (QED) is 0.139. The third-order valence-corrected chi connectivity index (χ3v) is 5.05. The third-order valence-electron chi connectivity index (χ3n) is 5.05. The summed E-state index contributed by atoms with van der Waals surface area (Å²) >= 11 is 0. The average molecular weight is 424 g/mol. The monoisotopic (exact) mass is 423 g/mol. The summed E-state index contributed by atoms with van der Waals surface area (Å²) in [6.45, 7) is 6.07. The minimum absolute atomic E-state index is 0.000216. The molecule has 0 saturated carbocycles. The lowest BCUT2D eigenvalue weighted by molar-refractivity contribution is -0.144. The van der Waals surface area contributed by atoms with Crippen LogP contribution in [0, 0.1) is 0 Å². The van der Waals surface area contributed by atoms with Gasteiger partial charge in [-0.2, -0.15) is 0 Å². The Morgan fingerprint density at radius 3 is 2.13 bits per heavy atom. The van der Waals surface area contributed by atoms with Gasteiger partial charge < -0.3 is 15.2 Å². The van der Waals surface area contributed by atoms with Gasteiger partial charge in [0.2, 0.25) is 0 Å². The third kappa shape index (κ3) is 19.7. The van der Waals surface area contributed by atoms with Gasteiger partial charge in [-0.15, -0.1) is 0 Å². The Balaban J connectivity index is 3.44. The van der Waals surface area contributed by atoms with Crippen LogP contribution in [0.3, 0.4) is 0 Å². The van der Waals surface area contributed by atoms with Crippen LogP contribution in [-0.4, -0.2) is 35.7 Å². The number of carboxylic acid groups (broad SMARTS) is 1. The second kappa shape index (κ2) is 20.6. The summed E-state index contributed by atoms with van der Waals surface area (Å²) in [7, 11) is 0. The number of nitrogens with one attached hydrogen (secondary N) is 1. The van der Waals surface area contributed by atoms with Gasteiger partial charge in [0.25, 0.3) is 0 Å². The predicted molar refractivity (Wildman–Crippen MR) is 125 cm³/mol. The van der Waals surface area contributed by atoms with Crippen molar-refractivity contribution in [2.45, 2.75) is 116 Å². The van der Waals surface area contributed by atoms with Crippen molar-refractivity contribution in [3.8, 4) is 0 Å². The van der Waals surface area contributed by atoms with Crippen molar-refractivity contribution in [2.75, 3.05) is 6.61 Å². The molecule has 0 aliphatic carbocycles. The molecule has 174 valence electrons. The van der Waals surface area contributed by atoms with Gasteiger partial charge in [0.15, 0.2) is 0 Å². The summed E-state index contributed by atoms with van der Waals surface area (Å²) in [5, 5.41) is 11.8. The number of aliphatic carboxylic acids is 1. The highest BCUT2D eigenvalue weighted by Gasteiger charge is 2.13. The number of allylic oxidation sites excluding steroid dienone is 4. The van der Waals surface area contributed by atoms with Crippen molar-refractivity contribution < 1.29 is 19.4 Å². The maximum atomic E-state index is 11.7. The van der Waals surface area contributed by atoms with Crippen LogP contribution in [0.15, 0.2) is 24.3 Å². The topological polar surface area (TPSA) is 75.6 Å². The van der Waals surface area contributed by atoms with E-state index < -0.39 is 12.0 Å². The first-order valence-electron chi connectivity index (χ1n) is 11.9. The van der Waals surface area contributed by atoms with E-state index in [1.54, 1.807) is 6.92 Å². The van der Waals surface area contributed by atoms with Crippen molar-refractivity contribution >= 4 is 11.9 Å². The van der Waals surface area contributed by atoms with Crippen LogP contribution in [0.5, 0.6) is 0 Å². The predicted octanol–water partition coefficient (Wildman–Crippen LogP) is 6.18. The summed E-state index contributed by atoms with van der Waals surface area (Å²) < 4.78 is 5.23. The number of hydrogen-bond donors (Lipinski definition) is 2. The average Bonchev–Trinajstić information content (AvgIpc) is 2.70. The first kappa shape index (κ1) is 28.4. The van der Waals surface area contributed by atoms with Crippen molar-refractivity contribution in [3.63, 3.8) is 0 Å². The SMILES string of the molecule is CCCCC/C=C\C/C=C\CCCCCCCC(=O)OCCC(C)NC(C)C(=O)O. The number of ether oxygens (including phenoxy) is 1. The van der Waals surface area contributed by atoms with Gasteiger partial charge in [-0.1, -0.05) is 63.3 Å². The molecule has 30 heavy (non-hydrogen) atoms. The summed E-state index contributed by atoms with van der Waals surface area (Å²) in [4.78, 5) is 22.5. The van der Waals surface area contributed by atoms with E-state index in [1.165, 1.54) is 38.5 Å². The van der Waals surface area contributed by atoms with E-state index in [-0.39, 0.29) is 12.0 Å². The Kier molecular flexibility index (Phi) is 19.5. The molecule has 5 nitrogen and oxygen atoms in total. The zero-order valence-electron chi connectivity index (χ0n) is 19.5. The molecule has 0 saturated heterocycles. The van der Waals surface area contributed by atoms with Crippen molar-refractivity contribution in [1.29, 1.82) is 0 Å². The minimum Gasteiger partial charge on any atom is -0.480 e. The van der Waals surface area contributed by atoms with E-state index in [4.69, 9.17) is 9.84 Å². The molecule has 2 N–H and O–H groups in total. The molecule has 0 aromatic rings. The molecule has 0 amide bonds. The van der Waals surface area contributed by atoms with Gasteiger partial charge >= 0.3 is 11.9 Å². The summed E-state index contributed by atoms with van der Waals surface area (Å²) in [6, 6.07) is -0.594. The van der Waals surface area contributed by atoms with Crippen molar-refractivity contribution in [1.82, 2.24) is 5.32 Å². The Bertz CT molecular complexity index is 488. The maximum Gasteiger partial charge on any atom is 0.320 e. The van der Waals surface area contributed by atoms with Gasteiger partial charge in [-0.25, -0.2) is 0 Å². The fraction of sp³-hybridized carbons (Fsp3) is 0.760. The molecule has 0 fully saturated rings. The molecule has 0 bridgehead atoms. The van der Waals surface area contributed by atoms with E-state index in [0.29, 0.717) is 19.4 Å². The van der Waals surface area contributed by atoms with Crippen molar-refractivity contribution in [2.24, 2.45) is 0 Å². The molecule has 0 aromatic carbocycles. The molecule has 2 atom stereocenters. The Hall–Kier alpha value is -1.62. The molecule has 0 heterocycles. The minimum atomic E-state index is -0.875. The number of carbonyl (C=O) groups is 2. The first-order chi connectivity index (χ1) is 14.5. The Morgan fingerprint density at radius 1 is 0.900 bits per heavy atom. The number of esters is 1. The first-order valence-corrected chi connectivity index (χ1v) is 11.9. The van der Waals surface area contributed by atoms with Gasteiger partial charge in [-0.05, 0) is 58.8 Å².